The summed E-state index contributed by atoms with van der Waals surface area (Å²) in [6.45, 7) is 6.66. The number of rotatable bonds is 4. The van der Waals surface area contributed by atoms with E-state index in [0.29, 0.717) is 24.6 Å². The van der Waals surface area contributed by atoms with Crippen LogP contribution in [0.4, 0.5) is 0 Å². The summed E-state index contributed by atoms with van der Waals surface area (Å²) in [5, 5.41) is 0. The zero-order valence-corrected chi connectivity index (χ0v) is 14.1. The zero-order chi connectivity index (χ0) is 11.8. The van der Waals surface area contributed by atoms with Crippen molar-refractivity contribution in [2.45, 2.75) is 27.7 Å². The molecule has 0 heterocycles. The molecular weight excluding hydrogens is 262 g/mol. The molecule has 0 atom stereocenters. The predicted molar refractivity (Wildman–Crippen MR) is 63.1 cm³/mol. The van der Waals surface area contributed by atoms with Crippen molar-refractivity contribution < 1.29 is 18.9 Å². The molecule has 0 aliphatic heterocycles. The molecule has 0 unspecified atom stereocenters. The van der Waals surface area contributed by atoms with Crippen LogP contribution in [0.3, 0.4) is 0 Å². The van der Waals surface area contributed by atoms with Gasteiger partial charge in [0, 0.05) is 14.7 Å². The SMILES string of the molecule is CCP(=O)([O-])CC.CCP(=O)([O-])CC.[Ca+2]. The van der Waals surface area contributed by atoms with Gasteiger partial charge in [-0.2, -0.15) is 0 Å². The van der Waals surface area contributed by atoms with Crippen molar-refractivity contribution in [2.24, 2.45) is 0 Å². The summed E-state index contributed by atoms with van der Waals surface area (Å²) < 4.78 is 20.8. The van der Waals surface area contributed by atoms with Gasteiger partial charge >= 0.3 is 37.7 Å². The van der Waals surface area contributed by atoms with Crippen LogP contribution in [-0.2, 0) is 9.13 Å². The summed E-state index contributed by atoms with van der Waals surface area (Å²) in [6.07, 6.45) is 1.18. The minimum absolute atomic E-state index is 0. The Hall–Kier alpha value is 1.64. The molecule has 0 aromatic carbocycles. The zero-order valence-electron chi connectivity index (χ0n) is 10.1. The Balaban J connectivity index is -0.000000180. The van der Waals surface area contributed by atoms with Crippen LogP contribution in [0.1, 0.15) is 27.7 Å². The molecule has 0 aromatic heterocycles. The van der Waals surface area contributed by atoms with Gasteiger partial charge in [-0.1, -0.05) is 27.7 Å². The van der Waals surface area contributed by atoms with Crippen LogP contribution in [0.2, 0.25) is 0 Å². The van der Waals surface area contributed by atoms with E-state index in [2.05, 4.69) is 0 Å². The van der Waals surface area contributed by atoms with E-state index in [1.54, 1.807) is 27.7 Å². The van der Waals surface area contributed by atoms with Crippen LogP contribution >= 0.6 is 14.7 Å². The van der Waals surface area contributed by atoms with Crippen molar-refractivity contribution in [3.63, 3.8) is 0 Å². The fraction of sp³-hybridized carbons (Fsp3) is 1.00. The first kappa shape index (κ1) is 21.9. The molecule has 15 heavy (non-hydrogen) atoms. The van der Waals surface area contributed by atoms with Gasteiger partial charge in [-0.3, -0.25) is 0 Å². The molecule has 0 fully saturated rings. The smallest absolute Gasteiger partial charge is 0.799 e. The average Bonchev–Trinajstić information content (AvgIpc) is 2.19. The van der Waals surface area contributed by atoms with Gasteiger partial charge in [0.1, 0.15) is 0 Å². The average molecular weight is 282 g/mol. The van der Waals surface area contributed by atoms with E-state index < -0.39 is 14.7 Å². The summed E-state index contributed by atoms with van der Waals surface area (Å²) in [5.74, 6) is 0. The van der Waals surface area contributed by atoms with E-state index in [4.69, 9.17) is 0 Å². The van der Waals surface area contributed by atoms with Crippen LogP contribution in [-0.4, -0.2) is 62.4 Å². The van der Waals surface area contributed by atoms with Gasteiger partial charge in [0.15, 0.2) is 0 Å². The minimum Gasteiger partial charge on any atom is -0.799 e. The van der Waals surface area contributed by atoms with Gasteiger partial charge in [0.05, 0.1) is 0 Å². The second kappa shape index (κ2) is 10.8. The van der Waals surface area contributed by atoms with E-state index >= 15 is 0 Å². The maximum absolute atomic E-state index is 10.4. The van der Waals surface area contributed by atoms with Gasteiger partial charge in [0.2, 0.25) is 0 Å². The van der Waals surface area contributed by atoms with E-state index in [-0.39, 0.29) is 37.7 Å². The molecule has 88 valence electrons. The molecule has 0 aliphatic carbocycles. The Morgan fingerprint density at radius 3 is 0.867 bits per heavy atom. The van der Waals surface area contributed by atoms with Gasteiger partial charge in [-0.15, -0.1) is 0 Å². The maximum Gasteiger partial charge on any atom is 2.00 e. The van der Waals surface area contributed by atoms with Gasteiger partial charge in [-0.25, -0.2) is 0 Å². The maximum atomic E-state index is 10.4. The van der Waals surface area contributed by atoms with E-state index in [0.717, 1.165) is 0 Å². The second-order valence-electron chi connectivity index (χ2n) is 2.89. The molecule has 0 rings (SSSR count). The summed E-state index contributed by atoms with van der Waals surface area (Å²) in [4.78, 5) is 20.8. The first-order valence-electron chi connectivity index (χ1n) is 4.82. The molecule has 0 aromatic rings. The largest absolute Gasteiger partial charge is 2.00 e. The molecule has 0 saturated heterocycles. The first-order chi connectivity index (χ1) is 6.24. The van der Waals surface area contributed by atoms with E-state index in [1.165, 1.54) is 0 Å². The van der Waals surface area contributed by atoms with Crippen molar-refractivity contribution in [1.29, 1.82) is 0 Å². The van der Waals surface area contributed by atoms with Crippen LogP contribution in [0, 0.1) is 0 Å². The quantitative estimate of drug-likeness (QED) is 0.568. The molecule has 0 spiro atoms. The van der Waals surface area contributed by atoms with Crippen molar-refractivity contribution in [2.75, 3.05) is 24.6 Å². The Kier molecular flexibility index (Phi) is 15.7. The fourth-order valence-electron chi connectivity index (χ4n) is 0.447. The predicted octanol–water partition coefficient (Wildman–Crippen LogP) is 0.948. The van der Waals surface area contributed by atoms with Crippen LogP contribution < -0.4 is 9.79 Å². The van der Waals surface area contributed by atoms with Crippen LogP contribution in [0.15, 0.2) is 0 Å². The van der Waals surface area contributed by atoms with Crippen molar-refractivity contribution in [3.05, 3.63) is 0 Å². The van der Waals surface area contributed by atoms with Crippen molar-refractivity contribution >= 4 is 52.5 Å². The molecule has 4 nitrogen and oxygen atoms in total. The van der Waals surface area contributed by atoms with Crippen LogP contribution in [0.5, 0.6) is 0 Å². The minimum atomic E-state index is -2.90. The van der Waals surface area contributed by atoms with Crippen molar-refractivity contribution in [3.8, 4) is 0 Å². The summed E-state index contributed by atoms with van der Waals surface area (Å²) in [5.41, 5.74) is 0. The second-order valence-corrected chi connectivity index (χ2v) is 8.68. The van der Waals surface area contributed by atoms with Gasteiger partial charge in [-0.05, 0) is 24.6 Å². The molecule has 0 bridgehead atoms. The molecule has 0 amide bonds. The third-order valence-electron chi connectivity index (χ3n) is 1.93. The van der Waals surface area contributed by atoms with Crippen LogP contribution in [0.25, 0.3) is 0 Å². The van der Waals surface area contributed by atoms with E-state index in [1.807, 2.05) is 0 Å². The topological polar surface area (TPSA) is 80.3 Å². The Labute approximate surface area is 123 Å². The fourth-order valence-corrected chi connectivity index (χ4v) is 1.34. The molecule has 0 aliphatic rings. The van der Waals surface area contributed by atoms with Gasteiger partial charge < -0.3 is 18.9 Å². The standard InChI is InChI=1S/2C4H11O2P.Ca/c2*1-3-7(5,6)4-2;/h2*3-4H2,1-2H3,(H,5,6);/q;;+2/p-2. The third-order valence-corrected chi connectivity index (χ3v) is 5.78. The Morgan fingerprint density at radius 2 is 0.867 bits per heavy atom. The first-order valence-corrected chi connectivity index (χ1v) is 8.81. The molecule has 0 N–H and O–H groups in total. The monoisotopic (exact) mass is 282 g/mol. The summed E-state index contributed by atoms with van der Waals surface area (Å²) in [6, 6.07) is 0. The third kappa shape index (κ3) is 15.6. The number of hydrogen-bond acceptors (Lipinski definition) is 4. The molecular formula is C8H20CaO4P2. The normalized spacial score (nSPS) is 11.1. The van der Waals surface area contributed by atoms with E-state index in [9.17, 15) is 18.9 Å². The molecule has 0 saturated carbocycles. The molecule has 7 heteroatoms. The summed E-state index contributed by atoms with van der Waals surface area (Å²) >= 11 is 0. The number of hydrogen-bond donors (Lipinski definition) is 0. The van der Waals surface area contributed by atoms with Gasteiger partial charge in [0.25, 0.3) is 0 Å². The molecule has 0 radical (unpaired) electrons. The van der Waals surface area contributed by atoms with Crippen molar-refractivity contribution in [1.82, 2.24) is 0 Å². The Morgan fingerprint density at radius 1 is 0.733 bits per heavy atom. The Bertz CT molecular complexity index is 193. The summed E-state index contributed by atoms with van der Waals surface area (Å²) in [7, 11) is -5.81.